The molecule has 144 valence electrons. The summed E-state index contributed by atoms with van der Waals surface area (Å²) < 4.78 is 18.9. The van der Waals surface area contributed by atoms with Gasteiger partial charge in [0, 0.05) is 17.8 Å². The van der Waals surface area contributed by atoms with Crippen LogP contribution in [0.3, 0.4) is 0 Å². The number of carbonyl (C=O) groups excluding carboxylic acids is 1. The number of anilines is 2. The van der Waals surface area contributed by atoms with Gasteiger partial charge in [-0.05, 0) is 42.3 Å². The Labute approximate surface area is 167 Å². The highest BCUT2D eigenvalue weighted by molar-refractivity contribution is 6.31. The molecule has 0 saturated carbocycles. The van der Waals surface area contributed by atoms with Gasteiger partial charge in [-0.25, -0.2) is 4.39 Å². The first kappa shape index (κ1) is 19.6. The topological polar surface area (TPSA) is 63.2 Å². The van der Waals surface area contributed by atoms with E-state index in [0.29, 0.717) is 46.2 Å². The summed E-state index contributed by atoms with van der Waals surface area (Å²) in [7, 11) is 1.56. The van der Waals surface area contributed by atoms with Gasteiger partial charge in [-0.2, -0.15) is 0 Å². The van der Waals surface area contributed by atoms with E-state index in [1.54, 1.807) is 55.8 Å². The first-order valence-corrected chi connectivity index (χ1v) is 9.02. The molecule has 1 amide bonds. The molecular formula is C21H19ClFN3O2. The fourth-order valence-corrected chi connectivity index (χ4v) is 2.85. The Morgan fingerprint density at radius 2 is 2.00 bits per heavy atom. The minimum Gasteiger partial charge on any atom is -0.495 e. The summed E-state index contributed by atoms with van der Waals surface area (Å²) in [6.45, 7) is 0.319. The minimum atomic E-state index is -0.287. The highest BCUT2D eigenvalue weighted by Crippen LogP contribution is 2.30. The van der Waals surface area contributed by atoms with Crippen molar-refractivity contribution in [2.75, 3.05) is 19.0 Å². The molecule has 1 heterocycles. The first-order chi connectivity index (χ1) is 13.6. The van der Waals surface area contributed by atoms with Crippen molar-refractivity contribution in [1.29, 1.82) is 0 Å². The highest BCUT2D eigenvalue weighted by Gasteiger charge is 2.10. The molecule has 5 nitrogen and oxygen atoms in total. The maximum atomic E-state index is 13.6. The summed E-state index contributed by atoms with van der Waals surface area (Å²) in [4.78, 5) is 16.5. The Morgan fingerprint density at radius 3 is 2.79 bits per heavy atom. The summed E-state index contributed by atoms with van der Waals surface area (Å²) in [6.07, 6.45) is 3.47. The highest BCUT2D eigenvalue weighted by atomic mass is 35.5. The molecule has 0 radical (unpaired) electrons. The van der Waals surface area contributed by atoms with Crippen LogP contribution in [0.15, 0.2) is 60.9 Å². The number of aromatic nitrogens is 1. The third-order valence-corrected chi connectivity index (χ3v) is 4.31. The number of methoxy groups -OCH3 is 1. The lowest BCUT2D eigenvalue weighted by Gasteiger charge is -2.12. The second kappa shape index (κ2) is 9.19. The number of hydrogen-bond donors (Lipinski definition) is 2. The third-order valence-electron chi connectivity index (χ3n) is 4.08. The first-order valence-electron chi connectivity index (χ1n) is 8.64. The Balaban J connectivity index is 1.65. The molecule has 3 rings (SSSR count). The molecular weight excluding hydrogens is 381 g/mol. The van der Waals surface area contributed by atoms with E-state index in [0.717, 1.165) is 0 Å². The molecule has 0 atom stereocenters. The summed E-state index contributed by atoms with van der Waals surface area (Å²) in [5.41, 5.74) is 2.22. The van der Waals surface area contributed by atoms with Gasteiger partial charge in [0.15, 0.2) is 0 Å². The number of ether oxygens (including phenoxy) is 1. The van der Waals surface area contributed by atoms with E-state index in [4.69, 9.17) is 16.3 Å². The zero-order chi connectivity index (χ0) is 19.9. The zero-order valence-corrected chi connectivity index (χ0v) is 16.0. The molecule has 2 aromatic carbocycles. The molecule has 0 fully saturated rings. The molecule has 28 heavy (non-hydrogen) atoms. The van der Waals surface area contributed by atoms with Gasteiger partial charge in [-0.15, -0.1) is 0 Å². The number of rotatable bonds is 7. The zero-order valence-electron chi connectivity index (χ0n) is 15.2. The number of nitrogens with one attached hydrogen (secondary N) is 2. The summed E-state index contributed by atoms with van der Waals surface area (Å²) in [5.74, 6) is 0.0507. The standard InChI is InChI=1S/C21H19ClFN3O2/c1-28-20-7-6-16(22)11-19(20)26-17-10-15(12-24-13-17)21(27)25-9-8-14-4-2-3-5-18(14)23/h2-7,10-13,26H,8-9H2,1H3,(H,25,27). The molecule has 0 aliphatic carbocycles. The van der Waals surface area contributed by atoms with Gasteiger partial charge >= 0.3 is 0 Å². The van der Waals surface area contributed by atoms with E-state index in [1.165, 1.54) is 12.3 Å². The van der Waals surface area contributed by atoms with Crippen molar-refractivity contribution in [3.63, 3.8) is 0 Å². The van der Waals surface area contributed by atoms with Crippen molar-refractivity contribution in [3.05, 3.63) is 82.9 Å². The quantitative estimate of drug-likeness (QED) is 0.609. The van der Waals surface area contributed by atoms with Gasteiger partial charge in [0.1, 0.15) is 11.6 Å². The second-order valence-corrected chi connectivity index (χ2v) is 6.47. The van der Waals surface area contributed by atoms with Gasteiger partial charge < -0.3 is 15.4 Å². The number of amides is 1. The van der Waals surface area contributed by atoms with E-state index in [1.807, 2.05) is 0 Å². The van der Waals surface area contributed by atoms with Crippen molar-refractivity contribution >= 4 is 28.9 Å². The number of pyridine rings is 1. The largest absolute Gasteiger partial charge is 0.495 e. The Morgan fingerprint density at radius 1 is 1.18 bits per heavy atom. The normalized spacial score (nSPS) is 10.4. The molecule has 0 spiro atoms. The monoisotopic (exact) mass is 399 g/mol. The van der Waals surface area contributed by atoms with Crippen LogP contribution in [0.4, 0.5) is 15.8 Å². The molecule has 7 heteroatoms. The Bertz CT molecular complexity index is 981. The predicted molar refractivity (Wildman–Crippen MR) is 108 cm³/mol. The fraction of sp³-hybridized carbons (Fsp3) is 0.143. The van der Waals surface area contributed by atoms with Crippen molar-refractivity contribution in [2.45, 2.75) is 6.42 Å². The molecule has 0 saturated heterocycles. The molecule has 3 aromatic rings. The van der Waals surface area contributed by atoms with Gasteiger partial charge in [0.25, 0.3) is 5.91 Å². The average Bonchev–Trinajstić information content (AvgIpc) is 2.70. The molecule has 2 N–H and O–H groups in total. The van der Waals surface area contributed by atoms with Gasteiger partial charge in [0.05, 0.1) is 30.2 Å². The number of hydrogen-bond acceptors (Lipinski definition) is 4. The Kier molecular flexibility index (Phi) is 6.45. The van der Waals surface area contributed by atoms with Crippen molar-refractivity contribution in [1.82, 2.24) is 10.3 Å². The van der Waals surface area contributed by atoms with Crippen LogP contribution in [0.1, 0.15) is 15.9 Å². The minimum absolute atomic E-state index is 0.278. The van der Waals surface area contributed by atoms with E-state index < -0.39 is 0 Å². The summed E-state index contributed by atoms with van der Waals surface area (Å²) in [6, 6.07) is 13.4. The second-order valence-electron chi connectivity index (χ2n) is 6.03. The lowest BCUT2D eigenvalue weighted by molar-refractivity contribution is 0.0953. The molecule has 0 unspecified atom stereocenters. The summed E-state index contributed by atoms with van der Waals surface area (Å²) in [5, 5.41) is 6.48. The number of carbonyl (C=O) groups is 1. The smallest absolute Gasteiger partial charge is 0.252 e. The molecule has 0 bridgehead atoms. The predicted octanol–water partition coefficient (Wildman–Crippen LogP) is 4.60. The molecule has 1 aromatic heterocycles. The third kappa shape index (κ3) is 4.98. The van der Waals surface area contributed by atoms with Crippen molar-refractivity contribution in [2.24, 2.45) is 0 Å². The van der Waals surface area contributed by atoms with Gasteiger partial charge in [0.2, 0.25) is 0 Å². The van der Waals surface area contributed by atoms with Gasteiger partial charge in [-0.3, -0.25) is 9.78 Å². The number of benzene rings is 2. The lowest BCUT2D eigenvalue weighted by Crippen LogP contribution is -2.26. The van der Waals surface area contributed by atoms with Crippen LogP contribution in [0, 0.1) is 5.82 Å². The number of nitrogens with zero attached hydrogens (tertiary/aromatic N) is 1. The van der Waals surface area contributed by atoms with E-state index in [-0.39, 0.29) is 11.7 Å². The van der Waals surface area contributed by atoms with Crippen molar-refractivity contribution in [3.8, 4) is 5.75 Å². The van der Waals surface area contributed by atoms with Gasteiger partial charge in [-0.1, -0.05) is 29.8 Å². The Hall–Kier alpha value is -3.12. The number of halogens is 2. The maximum Gasteiger partial charge on any atom is 0.252 e. The van der Waals surface area contributed by atoms with E-state index in [9.17, 15) is 9.18 Å². The fourth-order valence-electron chi connectivity index (χ4n) is 2.68. The van der Waals surface area contributed by atoms with Crippen LogP contribution >= 0.6 is 11.6 Å². The van der Waals surface area contributed by atoms with Crippen LogP contribution in [0.25, 0.3) is 0 Å². The van der Waals surface area contributed by atoms with E-state index >= 15 is 0 Å². The van der Waals surface area contributed by atoms with Crippen LogP contribution in [-0.4, -0.2) is 24.5 Å². The lowest BCUT2D eigenvalue weighted by atomic mass is 10.1. The maximum absolute atomic E-state index is 13.6. The molecule has 0 aliphatic rings. The van der Waals surface area contributed by atoms with Crippen molar-refractivity contribution < 1.29 is 13.9 Å². The van der Waals surface area contributed by atoms with Crippen LogP contribution in [0.2, 0.25) is 5.02 Å². The molecule has 0 aliphatic heterocycles. The average molecular weight is 400 g/mol. The van der Waals surface area contributed by atoms with Crippen LogP contribution in [-0.2, 0) is 6.42 Å². The SMILES string of the molecule is COc1ccc(Cl)cc1Nc1cncc(C(=O)NCCc2ccccc2F)c1. The van der Waals surface area contributed by atoms with Crippen LogP contribution < -0.4 is 15.4 Å². The van der Waals surface area contributed by atoms with E-state index in [2.05, 4.69) is 15.6 Å². The van der Waals surface area contributed by atoms with Crippen LogP contribution in [0.5, 0.6) is 5.75 Å². The summed E-state index contributed by atoms with van der Waals surface area (Å²) >= 11 is 6.04.